The summed E-state index contributed by atoms with van der Waals surface area (Å²) >= 11 is 1.75. The van der Waals surface area contributed by atoms with Crippen molar-refractivity contribution < 1.29 is 0 Å². The Morgan fingerprint density at radius 1 is 1.50 bits per heavy atom. The van der Waals surface area contributed by atoms with Gasteiger partial charge in [-0.3, -0.25) is 9.69 Å². The maximum Gasteiger partial charge on any atom is 0.250 e. The van der Waals surface area contributed by atoms with Crippen molar-refractivity contribution in [2.45, 2.75) is 45.1 Å². The fourth-order valence-corrected chi connectivity index (χ4v) is 3.90. The summed E-state index contributed by atoms with van der Waals surface area (Å²) in [5.74, 6) is 0.833. The standard InChI is InChI=1S/C16H22N4OS/c1-11(2)14-9-22-16(19-14)8-20-5-3-4-12(7-20)13-6-15(21)18-10-17-13/h6,9-12H,3-5,7-8H2,1-2H3,(H,17,18,21)/t12-/m1/s1. The van der Waals surface area contributed by atoms with Gasteiger partial charge >= 0.3 is 0 Å². The Morgan fingerprint density at radius 3 is 3.09 bits per heavy atom. The van der Waals surface area contributed by atoms with Crippen LogP contribution >= 0.6 is 11.3 Å². The monoisotopic (exact) mass is 318 g/mol. The molecule has 0 spiro atoms. The molecule has 0 bridgehead atoms. The van der Waals surface area contributed by atoms with E-state index in [1.807, 2.05) is 0 Å². The second-order valence-electron chi connectivity index (χ2n) is 6.23. The second-order valence-corrected chi connectivity index (χ2v) is 7.17. The van der Waals surface area contributed by atoms with Crippen LogP contribution in [-0.2, 0) is 6.54 Å². The summed E-state index contributed by atoms with van der Waals surface area (Å²) < 4.78 is 0. The van der Waals surface area contributed by atoms with Crippen LogP contribution in [0.5, 0.6) is 0 Å². The third kappa shape index (κ3) is 3.62. The molecule has 0 radical (unpaired) electrons. The summed E-state index contributed by atoms with van der Waals surface area (Å²) in [6, 6.07) is 1.63. The lowest BCUT2D eigenvalue weighted by Gasteiger charge is -2.31. The fraction of sp³-hybridized carbons (Fsp3) is 0.562. The number of hydrogen-bond acceptors (Lipinski definition) is 5. The largest absolute Gasteiger partial charge is 0.313 e. The maximum absolute atomic E-state index is 11.5. The van der Waals surface area contributed by atoms with Gasteiger partial charge < -0.3 is 4.98 Å². The number of likely N-dealkylation sites (tertiary alicyclic amines) is 1. The van der Waals surface area contributed by atoms with E-state index in [4.69, 9.17) is 4.98 Å². The summed E-state index contributed by atoms with van der Waals surface area (Å²) in [5.41, 5.74) is 2.03. The van der Waals surface area contributed by atoms with Crippen molar-refractivity contribution in [3.63, 3.8) is 0 Å². The van der Waals surface area contributed by atoms with Crippen LogP contribution in [0, 0.1) is 0 Å². The zero-order chi connectivity index (χ0) is 15.5. The average Bonchev–Trinajstić information content (AvgIpc) is 2.96. The lowest BCUT2D eigenvalue weighted by molar-refractivity contribution is 0.198. The van der Waals surface area contributed by atoms with Gasteiger partial charge in [0.1, 0.15) is 5.01 Å². The SMILES string of the molecule is CC(C)c1csc(CN2CCC[C@@H](c3cc(=O)[nH]cn3)C2)n1. The van der Waals surface area contributed by atoms with Crippen molar-refractivity contribution in [3.8, 4) is 0 Å². The first-order valence-electron chi connectivity index (χ1n) is 7.83. The molecule has 1 fully saturated rings. The van der Waals surface area contributed by atoms with E-state index in [0.717, 1.165) is 38.2 Å². The Balaban J connectivity index is 1.66. The van der Waals surface area contributed by atoms with E-state index in [2.05, 4.69) is 34.1 Å². The first-order chi connectivity index (χ1) is 10.6. The molecule has 3 rings (SSSR count). The number of piperidine rings is 1. The van der Waals surface area contributed by atoms with Gasteiger partial charge in [0.05, 0.1) is 24.3 Å². The van der Waals surface area contributed by atoms with E-state index in [0.29, 0.717) is 11.8 Å². The smallest absolute Gasteiger partial charge is 0.250 e. The molecule has 0 aliphatic carbocycles. The molecule has 0 amide bonds. The Labute approximate surface area is 134 Å². The van der Waals surface area contributed by atoms with Gasteiger partial charge in [-0.2, -0.15) is 0 Å². The predicted octanol–water partition coefficient (Wildman–Crippen LogP) is 2.73. The van der Waals surface area contributed by atoms with Crippen LogP contribution in [0.3, 0.4) is 0 Å². The zero-order valence-electron chi connectivity index (χ0n) is 13.1. The molecule has 1 saturated heterocycles. The molecule has 118 valence electrons. The van der Waals surface area contributed by atoms with Crippen molar-refractivity contribution >= 4 is 11.3 Å². The number of aromatic amines is 1. The summed E-state index contributed by atoms with van der Waals surface area (Å²) in [6.45, 7) is 7.29. The van der Waals surface area contributed by atoms with Crippen LogP contribution in [0.25, 0.3) is 0 Å². The van der Waals surface area contributed by atoms with Crippen LogP contribution in [0.4, 0.5) is 0 Å². The van der Waals surface area contributed by atoms with E-state index in [-0.39, 0.29) is 5.56 Å². The quantitative estimate of drug-likeness (QED) is 0.941. The van der Waals surface area contributed by atoms with Crippen molar-refractivity contribution in [3.05, 3.63) is 44.5 Å². The van der Waals surface area contributed by atoms with Gasteiger partial charge in [-0.25, -0.2) is 9.97 Å². The highest BCUT2D eigenvalue weighted by molar-refractivity contribution is 7.09. The summed E-state index contributed by atoms with van der Waals surface area (Å²) in [6.07, 6.45) is 3.75. The van der Waals surface area contributed by atoms with E-state index in [9.17, 15) is 4.79 Å². The highest BCUT2D eigenvalue weighted by atomic mass is 32.1. The van der Waals surface area contributed by atoms with Crippen molar-refractivity contribution in [1.29, 1.82) is 0 Å². The number of hydrogen-bond donors (Lipinski definition) is 1. The van der Waals surface area contributed by atoms with Crippen molar-refractivity contribution in [2.75, 3.05) is 13.1 Å². The lowest BCUT2D eigenvalue weighted by Crippen LogP contribution is -2.34. The highest BCUT2D eigenvalue weighted by Crippen LogP contribution is 2.26. The molecular formula is C16H22N4OS. The van der Waals surface area contributed by atoms with Gasteiger partial charge in [0.15, 0.2) is 0 Å². The van der Waals surface area contributed by atoms with Gasteiger partial charge in [0.25, 0.3) is 5.56 Å². The van der Waals surface area contributed by atoms with E-state index in [1.165, 1.54) is 17.0 Å². The summed E-state index contributed by atoms with van der Waals surface area (Å²) in [4.78, 5) is 25.5. The molecule has 1 aliphatic rings. The Kier molecular flexibility index (Phi) is 4.69. The van der Waals surface area contributed by atoms with Gasteiger partial charge in [-0.15, -0.1) is 11.3 Å². The number of rotatable bonds is 4. The molecule has 0 unspecified atom stereocenters. The Bertz CT molecular complexity index is 679. The molecule has 22 heavy (non-hydrogen) atoms. The fourth-order valence-electron chi connectivity index (χ4n) is 2.90. The molecular weight excluding hydrogens is 296 g/mol. The molecule has 5 nitrogen and oxygen atoms in total. The Hall–Kier alpha value is -1.53. The minimum Gasteiger partial charge on any atom is -0.313 e. The second kappa shape index (κ2) is 6.71. The first kappa shape index (κ1) is 15.4. The number of nitrogens with one attached hydrogen (secondary N) is 1. The molecule has 1 aliphatic heterocycles. The number of aromatic nitrogens is 3. The number of H-pyrrole nitrogens is 1. The van der Waals surface area contributed by atoms with Gasteiger partial charge in [0, 0.05) is 23.9 Å². The molecule has 3 heterocycles. The summed E-state index contributed by atoms with van der Waals surface area (Å²) in [7, 11) is 0. The molecule has 1 N–H and O–H groups in total. The normalized spacial score (nSPS) is 19.7. The van der Waals surface area contributed by atoms with E-state index >= 15 is 0 Å². The topological polar surface area (TPSA) is 61.9 Å². The van der Waals surface area contributed by atoms with Crippen molar-refractivity contribution in [1.82, 2.24) is 19.9 Å². The molecule has 0 saturated carbocycles. The van der Waals surface area contributed by atoms with Crippen LogP contribution in [-0.4, -0.2) is 32.9 Å². The molecule has 0 aromatic carbocycles. The molecule has 2 aromatic rings. The van der Waals surface area contributed by atoms with Gasteiger partial charge in [-0.1, -0.05) is 13.8 Å². The van der Waals surface area contributed by atoms with Gasteiger partial charge in [0.2, 0.25) is 0 Å². The third-order valence-corrected chi connectivity index (χ3v) is 4.99. The molecule has 2 aromatic heterocycles. The minimum absolute atomic E-state index is 0.0661. The lowest BCUT2D eigenvalue weighted by atomic mass is 9.94. The van der Waals surface area contributed by atoms with Crippen LogP contribution in [0.2, 0.25) is 0 Å². The van der Waals surface area contributed by atoms with E-state index < -0.39 is 0 Å². The van der Waals surface area contributed by atoms with Crippen LogP contribution in [0.15, 0.2) is 22.6 Å². The van der Waals surface area contributed by atoms with Crippen LogP contribution in [0.1, 0.15) is 54.9 Å². The third-order valence-electron chi connectivity index (χ3n) is 4.14. The van der Waals surface area contributed by atoms with Crippen molar-refractivity contribution in [2.24, 2.45) is 0 Å². The number of thiazole rings is 1. The van der Waals surface area contributed by atoms with E-state index in [1.54, 1.807) is 17.4 Å². The van der Waals surface area contributed by atoms with Crippen LogP contribution < -0.4 is 5.56 Å². The summed E-state index contributed by atoms with van der Waals surface area (Å²) in [5, 5.41) is 3.35. The highest BCUT2D eigenvalue weighted by Gasteiger charge is 2.23. The minimum atomic E-state index is -0.0661. The maximum atomic E-state index is 11.5. The number of nitrogens with zero attached hydrogens (tertiary/aromatic N) is 3. The van der Waals surface area contributed by atoms with Gasteiger partial charge in [-0.05, 0) is 25.3 Å². The molecule has 1 atom stereocenters. The first-order valence-corrected chi connectivity index (χ1v) is 8.71. The molecule has 6 heteroatoms. The zero-order valence-corrected chi connectivity index (χ0v) is 13.9. The average molecular weight is 318 g/mol. The Morgan fingerprint density at radius 2 is 2.36 bits per heavy atom. The predicted molar refractivity (Wildman–Crippen MR) is 88.3 cm³/mol.